The lowest BCUT2D eigenvalue weighted by atomic mass is 9.78. The predicted octanol–water partition coefficient (Wildman–Crippen LogP) is 4.44. The second-order valence-corrected chi connectivity index (χ2v) is 8.32. The molecule has 20 heavy (non-hydrogen) atoms. The molecule has 1 aliphatic rings. The molecule has 1 saturated heterocycles. The molecule has 120 valence electrons. The monoisotopic (exact) mass is 282 g/mol. The summed E-state index contributed by atoms with van der Waals surface area (Å²) < 4.78 is 0. The Kier molecular flexibility index (Phi) is 6.53. The summed E-state index contributed by atoms with van der Waals surface area (Å²) in [5.41, 5.74) is 0.513. The molecule has 1 aliphatic heterocycles. The van der Waals surface area contributed by atoms with Crippen LogP contribution in [-0.2, 0) is 0 Å². The standard InChI is InChI=1S/C18H38N2/c1-8-10-11-20(14-15(3)9-2)16-12-17(4,5)19-18(6,7)13-16/h15-16,19H,8-14H2,1-7H3. The Morgan fingerprint density at radius 3 is 2.10 bits per heavy atom. The molecule has 1 N–H and O–H groups in total. The minimum absolute atomic E-state index is 0.256. The molecule has 1 fully saturated rings. The molecule has 0 bridgehead atoms. The molecule has 0 spiro atoms. The molecule has 0 saturated carbocycles. The maximum atomic E-state index is 3.81. The lowest BCUT2D eigenvalue weighted by Crippen LogP contribution is -2.62. The van der Waals surface area contributed by atoms with Gasteiger partial charge in [-0.1, -0.05) is 33.6 Å². The fourth-order valence-electron chi connectivity index (χ4n) is 3.84. The topological polar surface area (TPSA) is 15.3 Å². The van der Waals surface area contributed by atoms with Crippen LogP contribution in [0.4, 0.5) is 0 Å². The van der Waals surface area contributed by atoms with Gasteiger partial charge in [-0.15, -0.1) is 0 Å². The van der Waals surface area contributed by atoms with E-state index in [0.29, 0.717) is 0 Å². The fourth-order valence-corrected chi connectivity index (χ4v) is 3.84. The van der Waals surface area contributed by atoms with Gasteiger partial charge in [-0.2, -0.15) is 0 Å². The zero-order valence-corrected chi connectivity index (χ0v) is 15.1. The highest BCUT2D eigenvalue weighted by atomic mass is 15.2. The summed E-state index contributed by atoms with van der Waals surface area (Å²) in [5.74, 6) is 0.813. The fraction of sp³-hybridized carbons (Fsp3) is 1.00. The van der Waals surface area contributed by atoms with Crippen molar-refractivity contribution in [2.75, 3.05) is 13.1 Å². The number of piperidine rings is 1. The zero-order chi connectivity index (χ0) is 15.4. The summed E-state index contributed by atoms with van der Waals surface area (Å²) in [5, 5.41) is 3.81. The van der Waals surface area contributed by atoms with E-state index in [1.165, 1.54) is 45.2 Å². The van der Waals surface area contributed by atoms with Crippen LogP contribution in [0.5, 0.6) is 0 Å². The Morgan fingerprint density at radius 2 is 1.65 bits per heavy atom. The number of unbranched alkanes of at least 4 members (excludes halogenated alkanes) is 1. The number of rotatable bonds is 7. The van der Waals surface area contributed by atoms with Crippen LogP contribution < -0.4 is 5.32 Å². The van der Waals surface area contributed by atoms with Gasteiger partial charge in [0, 0.05) is 23.7 Å². The normalized spacial score (nSPS) is 24.0. The second kappa shape index (κ2) is 7.26. The molecule has 2 nitrogen and oxygen atoms in total. The van der Waals surface area contributed by atoms with Crippen molar-refractivity contribution >= 4 is 0 Å². The first-order valence-corrected chi connectivity index (χ1v) is 8.72. The lowest BCUT2D eigenvalue weighted by molar-refractivity contribution is 0.0564. The Bertz CT molecular complexity index is 267. The highest BCUT2D eigenvalue weighted by Crippen LogP contribution is 2.32. The Labute approximate surface area is 127 Å². The Morgan fingerprint density at radius 1 is 1.10 bits per heavy atom. The summed E-state index contributed by atoms with van der Waals surface area (Å²) in [6, 6.07) is 0.738. The van der Waals surface area contributed by atoms with E-state index in [1.54, 1.807) is 0 Å². The van der Waals surface area contributed by atoms with E-state index in [4.69, 9.17) is 0 Å². The molecular formula is C18H38N2. The summed E-state index contributed by atoms with van der Waals surface area (Å²) in [6.45, 7) is 19.0. The first-order chi connectivity index (χ1) is 9.19. The number of hydrogen-bond acceptors (Lipinski definition) is 2. The van der Waals surface area contributed by atoms with Gasteiger partial charge < -0.3 is 5.32 Å². The van der Waals surface area contributed by atoms with Crippen LogP contribution in [0.2, 0.25) is 0 Å². The van der Waals surface area contributed by atoms with Crippen LogP contribution in [0.1, 0.15) is 80.6 Å². The molecule has 0 amide bonds. The van der Waals surface area contributed by atoms with Crippen LogP contribution in [-0.4, -0.2) is 35.1 Å². The van der Waals surface area contributed by atoms with Gasteiger partial charge in [0.05, 0.1) is 0 Å². The van der Waals surface area contributed by atoms with Crippen LogP contribution in [0.15, 0.2) is 0 Å². The SMILES string of the molecule is CCCCN(CC(C)CC)C1CC(C)(C)NC(C)(C)C1. The van der Waals surface area contributed by atoms with E-state index in [9.17, 15) is 0 Å². The maximum Gasteiger partial charge on any atom is 0.0145 e. The van der Waals surface area contributed by atoms with Crippen molar-refractivity contribution in [3.05, 3.63) is 0 Å². The number of nitrogens with one attached hydrogen (secondary N) is 1. The molecule has 1 heterocycles. The minimum atomic E-state index is 0.256. The third kappa shape index (κ3) is 5.73. The van der Waals surface area contributed by atoms with Crippen molar-refractivity contribution in [2.45, 2.75) is 97.7 Å². The van der Waals surface area contributed by atoms with Crippen molar-refractivity contribution in [3.63, 3.8) is 0 Å². The van der Waals surface area contributed by atoms with Gasteiger partial charge in [0.15, 0.2) is 0 Å². The van der Waals surface area contributed by atoms with E-state index in [1.807, 2.05) is 0 Å². The van der Waals surface area contributed by atoms with Crippen LogP contribution in [0.25, 0.3) is 0 Å². The number of hydrogen-bond donors (Lipinski definition) is 1. The smallest absolute Gasteiger partial charge is 0.0145 e. The van der Waals surface area contributed by atoms with E-state index >= 15 is 0 Å². The number of nitrogens with zero attached hydrogens (tertiary/aromatic N) is 1. The largest absolute Gasteiger partial charge is 0.307 e. The lowest BCUT2D eigenvalue weighted by Gasteiger charge is -2.50. The van der Waals surface area contributed by atoms with E-state index in [-0.39, 0.29) is 11.1 Å². The molecule has 1 atom stereocenters. The minimum Gasteiger partial charge on any atom is -0.307 e. The van der Waals surface area contributed by atoms with Crippen molar-refractivity contribution in [3.8, 4) is 0 Å². The molecule has 0 aromatic heterocycles. The van der Waals surface area contributed by atoms with Gasteiger partial charge in [-0.25, -0.2) is 0 Å². The summed E-state index contributed by atoms with van der Waals surface area (Å²) >= 11 is 0. The Hall–Kier alpha value is -0.0800. The third-order valence-corrected chi connectivity index (χ3v) is 4.73. The molecule has 0 aromatic carbocycles. The second-order valence-electron chi connectivity index (χ2n) is 8.32. The molecule has 0 radical (unpaired) electrons. The molecule has 2 heteroatoms. The van der Waals surface area contributed by atoms with Crippen molar-refractivity contribution in [1.29, 1.82) is 0 Å². The molecule has 1 rings (SSSR count). The highest BCUT2D eigenvalue weighted by molar-refractivity contribution is 5.00. The van der Waals surface area contributed by atoms with Gasteiger partial charge in [-0.05, 0) is 59.4 Å². The van der Waals surface area contributed by atoms with E-state index in [2.05, 4.69) is 58.7 Å². The van der Waals surface area contributed by atoms with Gasteiger partial charge in [-0.3, -0.25) is 4.90 Å². The van der Waals surface area contributed by atoms with Gasteiger partial charge in [0.2, 0.25) is 0 Å². The maximum absolute atomic E-state index is 3.81. The van der Waals surface area contributed by atoms with Gasteiger partial charge in [0.1, 0.15) is 0 Å². The summed E-state index contributed by atoms with van der Waals surface area (Å²) in [4.78, 5) is 2.79. The highest BCUT2D eigenvalue weighted by Gasteiger charge is 2.39. The quantitative estimate of drug-likeness (QED) is 0.742. The first-order valence-electron chi connectivity index (χ1n) is 8.72. The first kappa shape index (κ1) is 18.0. The molecule has 0 aromatic rings. The van der Waals surface area contributed by atoms with Crippen LogP contribution >= 0.6 is 0 Å². The van der Waals surface area contributed by atoms with Gasteiger partial charge in [0.25, 0.3) is 0 Å². The third-order valence-electron chi connectivity index (χ3n) is 4.73. The molecule has 1 unspecified atom stereocenters. The van der Waals surface area contributed by atoms with Gasteiger partial charge >= 0.3 is 0 Å². The average Bonchev–Trinajstić information content (AvgIpc) is 2.30. The van der Waals surface area contributed by atoms with E-state index < -0.39 is 0 Å². The van der Waals surface area contributed by atoms with Crippen LogP contribution in [0, 0.1) is 5.92 Å². The Balaban J connectivity index is 2.77. The average molecular weight is 283 g/mol. The van der Waals surface area contributed by atoms with Crippen molar-refractivity contribution < 1.29 is 0 Å². The summed E-state index contributed by atoms with van der Waals surface area (Å²) in [6.07, 6.45) is 6.48. The zero-order valence-electron chi connectivity index (χ0n) is 15.1. The van der Waals surface area contributed by atoms with Crippen LogP contribution in [0.3, 0.4) is 0 Å². The molecular weight excluding hydrogens is 244 g/mol. The summed E-state index contributed by atoms with van der Waals surface area (Å²) in [7, 11) is 0. The predicted molar refractivity (Wildman–Crippen MR) is 90.3 cm³/mol. The van der Waals surface area contributed by atoms with E-state index in [0.717, 1.165) is 12.0 Å². The van der Waals surface area contributed by atoms with Crippen molar-refractivity contribution in [1.82, 2.24) is 10.2 Å². The molecule has 0 aliphatic carbocycles. The van der Waals surface area contributed by atoms with Crippen molar-refractivity contribution in [2.24, 2.45) is 5.92 Å².